The van der Waals surface area contributed by atoms with Gasteiger partial charge >= 0.3 is 0 Å². The van der Waals surface area contributed by atoms with Crippen LogP contribution in [0, 0.1) is 0 Å². The second-order valence-electron chi connectivity index (χ2n) is 8.57. The Morgan fingerprint density at radius 2 is 1.74 bits per heavy atom. The molecule has 7 nitrogen and oxygen atoms in total. The third kappa shape index (κ3) is 7.55. The number of thiol groups is 1. The van der Waals surface area contributed by atoms with Gasteiger partial charge in [0.1, 0.15) is 0 Å². The molecule has 1 saturated heterocycles. The Labute approximate surface area is 208 Å². The molecule has 1 unspecified atom stereocenters. The SMILES string of the molecule is C1COCCN1.O=C(Nc1ccc([SH+](=O)O)cc1)c1cccc(CN2CCc3ccccc3C2)c1. The third-order valence-corrected chi connectivity index (χ3v) is 6.74. The van der Waals surface area contributed by atoms with Crippen LogP contribution in [-0.2, 0) is 39.5 Å². The highest BCUT2D eigenvalue weighted by atomic mass is 32.2. The fourth-order valence-corrected chi connectivity index (χ4v) is 4.55. The maximum atomic E-state index is 12.6. The van der Waals surface area contributed by atoms with E-state index in [0.29, 0.717) is 16.1 Å². The average Bonchev–Trinajstić information content (AvgIpc) is 2.90. The Kier molecular flexibility index (Phi) is 9.16. The van der Waals surface area contributed by atoms with Gasteiger partial charge in [0, 0.05) is 44.0 Å². The molecule has 0 aliphatic carbocycles. The summed E-state index contributed by atoms with van der Waals surface area (Å²) in [5.74, 6) is -0.197. The second-order valence-corrected chi connectivity index (χ2v) is 9.63. The number of ether oxygens (including phenoxy) is 1. The summed E-state index contributed by atoms with van der Waals surface area (Å²) in [4.78, 5) is 15.3. The van der Waals surface area contributed by atoms with Crippen molar-refractivity contribution in [3.63, 3.8) is 0 Å². The fourth-order valence-electron chi connectivity index (χ4n) is 4.15. The molecule has 3 aromatic rings. The van der Waals surface area contributed by atoms with E-state index in [-0.39, 0.29) is 5.91 Å². The molecule has 2 aliphatic heterocycles. The number of anilines is 1. The van der Waals surface area contributed by atoms with E-state index in [1.165, 1.54) is 11.1 Å². The summed E-state index contributed by atoms with van der Waals surface area (Å²) < 4.78 is 25.2. The molecule has 5 rings (SSSR count). The molecule has 2 aliphatic rings. The van der Waals surface area contributed by atoms with Crippen LogP contribution in [0.3, 0.4) is 0 Å². The highest BCUT2D eigenvalue weighted by Gasteiger charge is 2.16. The molecule has 2 heterocycles. The van der Waals surface area contributed by atoms with E-state index < -0.39 is 11.1 Å². The van der Waals surface area contributed by atoms with Crippen molar-refractivity contribution in [1.29, 1.82) is 0 Å². The van der Waals surface area contributed by atoms with Gasteiger partial charge in [-0.3, -0.25) is 9.69 Å². The van der Waals surface area contributed by atoms with Crippen LogP contribution in [0.2, 0.25) is 0 Å². The molecule has 0 saturated carbocycles. The summed E-state index contributed by atoms with van der Waals surface area (Å²) in [6.07, 6.45) is 1.05. The first-order valence-corrected chi connectivity index (χ1v) is 13.0. The van der Waals surface area contributed by atoms with Crippen molar-refractivity contribution in [2.24, 2.45) is 0 Å². The van der Waals surface area contributed by atoms with Gasteiger partial charge in [0.2, 0.25) is 11.1 Å². The van der Waals surface area contributed by atoms with Crippen LogP contribution in [0.15, 0.2) is 77.7 Å². The van der Waals surface area contributed by atoms with E-state index in [1.54, 1.807) is 30.3 Å². The molecule has 3 aromatic carbocycles. The lowest BCUT2D eigenvalue weighted by Gasteiger charge is -2.28. The number of benzene rings is 3. The molecule has 0 radical (unpaired) electrons. The molecule has 0 aromatic heterocycles. The lowest BCUT2D eigenvalue weighted by atomic mass is 9.99. The maximum absolute atomic E-state index is 12.6. The van der Waals surface area contributed by atoms with Gasteiger partial charge in [-0.2, -0.15) is 4.55 Å². The highest BCUT2D eigenvalue weighted by Crippen LogP contribution is 2.21. The topological polar surface area (TPSA) is 90.9 Å². The number of fused-ring (bicyclic) bond motifs is 1. The lowest BCUT2D eigenvalue weighted by Crippen LogP contribution is -2.30. The van der Waals surface area contributed by atoms with E-state index >= 15 is 0 Å². The lowest BCUT2D eigenvalue weighted by molar-refractivity contribution is 0.102. The molecule has 1 fully saturated rings. The number of nitrogens with one attached hydrogen (secondary N) is 2. The Bertz CT molecular complexity index is 1140. The molecule has 1 atom stereocenters. The van der Waals surface area contributed by atoms with E-state index in [2.05, 4.69) is 39.8 Å². The molecular formula is C27H32N3O4S+. The number of carbonyl (C=O) groups excluding carboxylic acids is 1. The molecular weight excluding hydrogens is 462 g/mol. The predicted molar refractivity (Wildman–Crippen MR) is 139 cm³/mol. The maximum Gasteiger partial charge on any atom is 0.255 e. The first kappa shape index (κ1) is 25.2. The Hall–Kier alpha value is -2.88. The van der Waals surface area contributed by atoms with Crippen LogP contribution in [0.4, 0.5) is 5.69 Å². The zero-order valence-corrected chi connectivity index (χ0v) is 20.5. The number of rotatable bonds is 5. The van der Waals surface area contributed by atoms with Gasteiger partial charge in [0.15, 0.2) is 4.90 Å². The van der Waals surface area contributed by atoms with Gasteiger partial charge < -0.3 is 15.4 Å². The molecule has 184 valence electrons. The summed E-state index contributed by atoms with van der Waals surface area (Å²) in [6, 6.07) is 22.6. The van der Waals surface area contributed by atoms with Crippen LogP contribution < -0.4 is 10.6 Å². The van der Waals surface area contributed by atoms with Crippen molar-refractivity contribution in [1.82, 2.24) is 10.2 Å². The van der Waals surface area contributed by atoms with Crippen molar-refractivity contribution >= 4 is 22.7 Å². The predicted octanol–water partition coefficient (Wildman–Crippen LogP) is 3.63. The molecule has 0 spiro atoms. The average molecular weight is 495 g/mol. The van der Waals surface area contributed by atoms with Gasteiger partial charge in [-0.25, -0.2) is 0 Å². The monoisotopic (exact) mass is 494 g/mol. The first-order valence-electron chi connectivity index (χ1n) is 11.8. The van der Waals surface area contributed by atoms with Gasteiger partial charge in [0.25, 0.3) is 5.91 Å². The molecule has 8 heteroatoms. The summed E-state index contributed by atoms with van der Waals surface area (Å²) in [5.41, 5.74) is 5.09. The molecule has 3 N–H and O–H groups in total. The number of hydrogen-bond acceptors (Lipinski definition) is 5. The number of nitrogens with zero attached hydrogens (tertiary/aromatic N) is 1. The number of hydrogen-bond donors (Lipinski definition) is 3. The summed E-state index contributed by atoms with van der Waals surface area (Å²) in [5, 5.41) is 6.00. The van der Waals surface area contributed by atoms with Gasteiger partial charge in [-0.15, -0.1) is 0 Å². The molecule has 0 bridgehead atoms. The summed E-state index contributed by atoms with van der Waals surface area (Å²) in [7, 11) is 0. The van der Waals surface area contributed by atoms with Gasteiger partial charge in [-0.1, -0.05) is 40.6 Å². The Morgan fingerprint density at radius 3 is 2.40 bits per heavy atom. The van der Waals surface area contributed by atoms with E-state index in [0.717, 1.165) is 57.9 Å². The Balaban J connectivity index is 0.000000421. The minimum absolute atomic E-state index is 0.197. The quantitative estimate of drug-likeness (QED) is 0.371. The minimum Gasteiger partial charge on any atom is -0.379 e. The van der Waals surface area contributed by atoms with Crippen LogP contribution in [0.25, 0.3) is 0 Å². The number of morpholine rings is 1. The number of carbonyl (C=O) groups is 1. The van der Waals surface area contributed by atoms with Crippen LogP contribution >= 0.6 is 0 Å². The number of amides is 1. The largest absolute Gasteiger partial charge is 0.379 e. The first-order chi connectivity index (χ1) is 17.1. The van der Waals surface area contributed by atoms with Crippen LogP contribution in [0.1, 0.15) is 27.0 Å². The van der Waals surface area contributed by atoms with Gasteiger partial charge in [-0.05, 0) is 59.5 Å². The molecule has 1 amide bonds. The minimum atomic E-state index is -2.37. The van der Waals surface area contributed by atoms with E-state index in [4.69, 9.17) is 9.29 Å². The standard InChI is InChI=1S/C23H22N2O3S.C4H9NO/c26-23(24-21-8-10-22(11-9-21)29(27)28)19-7-3-4-17(14-19)15-25-13-12-18-5-1-2-6-20(18)16-25;1-3-6-4-2-5-1/h1-11,14H,12-13,15-16H2,(H,24,26)(H,27,28);5H,1-4H2/p+1. The van der Waals surface area contributed by atoms with E-state index in [1.807, 2.05) is 18.2 Å². The zero-order chi connectivity index (χ0) is 24.5. The van der Waals surface area contributed by atoms with Crippen molar-refractivity contribution in [2.75, 3.05) is 38.2 Å². The highest BCUT2D eigenvalue weighted by molar-refractivity contribution is 7.79. The third-order valence-electron chi connectivity index (χ3n) is 6.00. The second kappa shape index (κ2) is 12.7. The van der Waals surface area contributed by atoms with Crippen LogP contribution in [-0.4, -0.2) is 48.2 Å². The van der Waals surface area contributed by atoms with Crippen molar-refractivity contribution < 1.29 is 18.3 Å². The van der Waals surface area contributed by atoms with Gasteiger partial charge in [0.05, 0.1) is 13.2 Å². The van der Waals surface area contributed by atoms with Crippen LogP contribution in [0.5, 0.6) is 0 Å². The fraction of sp³-hybridized carbons (Fsp3) is 0.296. The smallest absolute Gasteiger partial charge is 0.255 e. The van der Waals surface area contributed by atoms with Crippen molar-refractivity contribution in [3.8, 4) is 0 Å². The molecule has 35 heavy (non-hydrogen) atoms. The zero-order valence-electron chi connectivity index (χ0n) is 19.7. The van der Waals surface area contributed by atoms with Crippen molar-refractivity contribution in [3.05, 3.63) is 95.1 Å². The normalized spacial score (nSPS) is 16.4. The summed E-state index contributed by atoms with van der Waals surface area (Å²) >= 11 is -2.37. The van der Waals surface area contributed by atoms with E-state index in [9.17, 15) is 9.00 Å². The summed E-state index contributed by atoms with van der Waals surface area (Å²) in [6.45, 7) is 6.56. The van der Waals surface area contributed by atoms with Crippen molar-refractivity contribution in [2.45, 2.75) is 24.4 Å². The Morgan fingerprint density at radius 1 is 1.00 bits per heavy atom.